The van der Waals surface area contributed by atoms with E-state index in [0.717, 1.165) is 10.1 Å². The Bertz CT molecular complexity index is 1440. The lowest BCUT2D eigenvalue weighted by molar-refractivity contribution is -0.133. The Kier molecular flexibility index (Phi) is 11.0. The molecule has 1 aromatic heterocycles. The predicted octanol–water partition coefficient (Wildman–Crippen LogP) is 3.84. The molecule has 1 aliphatic heterocycles. The fourth-order valence-corrected chi connectivity index (χ4v) is 7.71. The average Bonchev–Trinajstić information content (AvgIpc) is 3.37. The summed E-state index contributed by atoms with van der Waals surface area (Å²) in [5.74, 6) is 0.0708. The standard InChI is InChI=1S/C28H34Cl2N4O5S2/c1-19(8-9-31-28(37)25-15-20-4-2-3-5-24(20)40-25)14-27(36)34-12-10-33(11-13-34)17-22(18-35)32-41(38,39)26-7-6-21(29)16-23(26)30/h2-7,15-16,19,22,32,35H,8-14,17-18H2,1H3,(H,31,37)/t19?,22-/m1/s1. The van der Waals surface area contributed by atoms with E-state index >= 15 is 0 Å². The van der Waals surface area contributed by atoms with Gasteiger partial charge in [0.1, 0.15) is 4.90 Å². The Morgan fingerprint density at radius 1 is 1.07 bits per heavy atom. The number of nitrogens with zero attached hydrogens (tertiary/aromatic N) is 2. The van der Waals surface area contributed by atoms with Crippen LogP contribution in [-0.4, -0.2) is 87.1 Å². The molecule has 2 amide bonds. The van der Waals surface area contributed by atoms with Crippen molar-refractivity contribution in [1.82, 2.24) is 19.8 Å². The van der Waals surface area contributed by atoms with E-state index in [-0.39, 0.29) is 34.3 Å². The molecule has 3 N–H and O–H groups in total. The van der Waals surface area contributed by atoms with E-state index in [1.54, 1.807) is 0 Å². The van der Waals surface area contributed by atoms with Crippen molar-refractivity contribution in [3.63, 3.8) is 0 Å². The van der Waals surface area contributed by atoms with Gasteiger partial charge in [0.25, 0.3) is 5.91 Å². The number of rotatable bonds is 12. The highest BCUT2D eigenvalue weighted by atomic mass is 35.5. The number of hydrogen-bond donors (Lipinski definition) is 3. The molecule has 13 heteroatoms. The molecule has 0 bridgehead atoms. The number of amides is 2. The predicted molar refractivity (Wildman–Crippen MR) is 163 cm³/mol. The Labute approximate surface area is 254 Å². The van der Waals surface area contributed by atoms with Gasteiger partial charge in [0.15, 0.2) is 0 Å². The fourth-order valence-electron chi connectivity index (χ4n) is 4.74. The molecule has 2 heterocycles. The highest BCUT2D eigenvalue weighted by Crippen LogP contribution is 2.26. The van der Waals surface area contributed by atoms with Crippen LogP contribution in [0.25, 0.3) is 10.1 Å². The highest BCUT2D eigenvalue weighted by Gasteiger charge is 2.27. The third-order valence-electron chi connectivity index (χ3n) is 7.02. The minimum atomic E-state index is -3.96. The van der Waals surface area contributed by atoms with Gasteiger partial charge in [-0.25, -0.2) is 13.1 Å². The van der Waals surface area contributed by atoms with Crippen LogP contribution in [0.5, 0.6) is 0 Å². The molecule has 1 unspecified atom stereocenters. The molecule has 3 aromatic rings. The largest absolute Gasteiger partial charge is 0.395 e. The molecule has 4 rings (SSSR count). The summed E-state index contributed by atoms with van der Waals surface area (Å²) in [4.78, 5) is 29.8. The first-order valence-electron chi connectivity index (χ1n) is 13.4. The minimum absolute atomic E-state index is 0.00150. The summed E-state index contributed by atoms with van der Waals surface area (Å²) < 4.78 is 29.2. The molecular formula is C28H34Cl2N4O5S2. The summed E-state index contributed by atoms with van der Waals surface area (Å²) in [6, 6.07) is 13.2. The van der Waals surface area contributed by atoms with E-state index < -0.39 is 16.1 Å². The Hall–Kier alpha value is -2.25. The zero-order chi connectivity index (χ0) is 29.6. The number of benzene rings is 2. The maximum Gasteiger partial charge on any atom is 0.261 e. The van der Waals surface area contributed by atoms with Gasteiger partial charge in [0.2, 0.25) is 15.9 Å². The van der Waals surface area contributed by atoms with Crippen LogP contribution in [0.1, 0.15) is 29.4 Å². The zero-order valence-electron chi connectivity index (χ0n) is 22.7. The zero-order valence-corrected chi connectivity index (χ0v) is 25.8. The SMILES string of the molecule is CC(CCNC(=O)c1cc2ccccc2s1)CC(=O)N1CCN(C[C@H](CO)NS(=O)(=O)c2ccc(Cl)cc2Cl)CC1. The maximum atomic E-state index is 12.9. The van der Waals surface area contributed by atoms with E-state index in [0.29, 0.717) is 62.0 Å². The summed E-state index contributed by atoms with van der Waals surface area (Å²) in [5, 5.41) is 14.2. The number of carbonyl (C=O) groups excluding carboxylic acids is 2. The first kappa shape index (κ1) is 31.7. The van der Waals surface area contributed by atoms with Crippen molar-refractivity contribution in [2.24, 2.45) is 5.92 Å². The quantitative estimate of drug-likeness (QED) is 0.277. The smallest absolute Gasteiger partial charge is 0.261 e. The van der Waals surface area contributed by atoms with Crippen LogP contribution >= 0.6 is 34.5 Å². The monoisotopic (exact) mass is 640 g/mol. The molecule has 0 aliphatic carbocycles. The second-order valence-corrected chi connectivity index (χ2v) is 13.9. The number of halogens is 2. The molecule has 0 saturated carbocycles. The van der Waals surface area contributed by atoms with Crippen molar-refractivity contribution in [3.8, 4) is 0 Å². The first-order valence-corrected chi connectivity index (χ1v) is 16.5. The molecule has 2 atom stereocenters. The Balaban J connectivity index is 1.17. The van der Waals surface area contributed by atoms with Crippen molar-refractivity contribution < 1.29 is 23.1 Å². The molecule has 222 valence electrons. The number of fused-ring (bicyclic) bond motifs is 1. The van der Waals surface area contributed by atoms with Crippen LogP contribution in [0.15, 0.2) is 53.4 Å². The van der Waals surface area contributed by atoms with E-state index in [9.17, 15) is 23.1 Å². The number of hydrogen-bond acceptors (Lipinski definition) is 7. The highest BCUT2D eigenvalue weighted by molar-refractivity contribution is 7.89. The normalized spacial score (nSPS) is 16.0. The first-order chi connectivity index (χ1) is 19.6. The lowest BCUT2D eigenvalue weighted by Gasteiger charge is -2.36. The van der Waals surface area contributed by atoms with E-state index in [1.807, 2.05) is 47.1 Å². The van der Waals surface area contributed by atoms with Gasteiger partial charge in [-0.2, -0.15) is 0 Å². The molecule has 1 saturated heterocycles. The lowest BCUT2D eigenvalue weighted by atomic mass is 10.0. The molecule has 1 fully saturated rings. The topological polar surface area (TPSA) is 119 Å². The van der Waals surface area contributed by atoms with Gasteiger partial charge < -0.3 is 15.3 Å². The lowest BCUT2D eigenvalue weighted by Crippen LogP contribution is -2.53. The number of aliphatic hydroxyl groups excluding tert-OH is 1. The van der Waals surface area contributed by atoms with Crippen molar-refractivity contribution in [1.29, 1.82) is 0 Å². The van der Waals surface area contributed by atoms with E-state index in [4.69, 9.17) is 23.2 Å². The van der Waals surface area contributed by atoms with Crippen molar-refractivity contribution in [2.45, 2.75) is 30.7 Å². The summed E-state index contributed by atoms with van der Waals surface area (Å²) in [6.45, 7) is 4.56. The van der Waals surface area contributed by atoms with Gasteiger partial charge >= 0.3 is 0 Å². The van der Waals surface area contributed by atoms with Gasteiger partial charge in [-0.05, 0) is 48.1 Å². The van der Waals surface area contributed by atoms with Crippen LogP contribution in [-0.2, 0) is 14.8 Å². The number of thiophene rings is 1. The average molecular weight is 642 g/mol. The Morgan fingerprint density at radius 2 is 1.80 bits per heavy atom. The molecule has 2 aromatic carbocycles. The van der Waals surface area contributed by atoms with Gasteiger partial charge in [0.05, 0.1) is 22.5 Å². The number of carbonyl (C=O) groups is 2. The molecular weight excluding hydrogens is 607 g/mol. The number of nitrogens with one attached hydrogen (secondary N) is 2. The van der Waals surface area contributed by atoms with Gasteiger partial charge in [-0.1, -0.05) is 48.3 Å². The summed E-state index contributed by atoms with van der Waals surface area (Å²) in [5.41, 5.74) is 0. The van der Waals surface area contributed by atoms with Gasteiger partial charge in [0, 0.05) is 55.4 Å². The second-order valence-electron chi connectivity index (χ2n) is 10.3. The van der Waals surface area contributed by atoms with E-state index in [2.05, 4.69) is 10.0 Å². The number of aliphatic hydroxyl groups is 1. The van der Waals surface area contributed by atoms with Crippen LogP contribution in [0.2, 0.25) is 10.0 Å². The van der Waals surface area contributed by atoms with Crippen LogP contribution in [0, 0.1) is 5.92 Å². The molecule has 0 spiro atoms. The third kappa shape index (κ3) is 8.63. The van der Waals surface area contributed by atoms with Crippen molar-refractivity contribution in [2.75, 3.05) is 45.9 Å². The second kappa shape index (κ2) is 14.3. The summed E-state index contributed by atoms with van der Waals surface area (Å²) in [7, 11) is -3.96. The molecule has 9 nitrogen and oxygen atoms in total. The van der Waals surface area contributed by atoms with Crippen molar-refractivity contribution in [3.05, 3.63) is 63.5 Å². The third-order valence-corrected chi connectivity index (χ3v) is 10.4. The maximum absolute atomic E-state index is 12.9. The fraction of sp³-hybridized carbons (Fsp3) is 0.429. The van der Waals surface area contributed by atoms with Crippen LogP contribution < -0.4 is 10.0 Å². The Morgan fingerprint density at radius 3 is 2.49 bits per heavy atom. The minimum Gasteiger partial charge on any atom is -0.395 e. The van der Waals surface area contributed by atoms with Gasteiger partial charge in [-0.15, -0.1) is 11.3 Å². The van der Waals surface area contributed by atoms with E-state index in [1.165, 1.54) is 29.5 Å². The summed E-state index contributed by atoms with van der Waals surface area (Å²) >= 11 is 13.4. The number of sulfonamides is 1. The van der Waals surface area contributed by atoms with Crippen LogP contribution in [0.3, 0.4) is 0 Å². The number of piperazine rings is 1. The molecule has 41 heavy (non-hydrogen) atoms. The van der Waals surface area contributed by atoms with Crippen molar-refractivity contribution >= 4 is 66.5 Å². The summed E-state index contributed by atoms with van der Waals surface area (Å²) in [6.07, 6.45) is 1.08. The van der Waals surface area contributed by atoms with Gasteiger partial charge in [-0.3, -0.25) is 14.5 Å². The van der Waals surface area contributed by atoms with Crippen LogP contribution in [0.4, 0.5) is 0 Å². The molecule has 0 radical (unpaired) electrons. The molecule has 1 aliphatic rings.